The maximum atomic E-state index is 12.0. The standard InChI is InChI=1S/C18H21N3O3S/c1-12-11-13(2)20-18(19-12)25-10-4-5-16(22)21-15-8-6-14(7-9-15)17(23)24-3/h6-9,11H,4-5,10H2,1-3H3,(H,21,22). The minimum absolute atomic E-state index is 0.0623. The van der Waals surface area contributed by atoms with Gasteiger partial charge in [-0.25, -0.2) is 14.8 Å². The lowest BCUT2D eigenvalue weighted by Crippen LogP contribution is -2.11. The Bertz CT molecular complexity index is 727. The van der Waals surface area contributed by atoms with Crippen LogP contribution in [0.15, 0.2) is 35.5 Å². The zero-order chi connectivity index (χ0) is 18.2. The van der Waals surface area contributed by atoms with Crippen molar-refractivity contribution in [3.05, 3.63) is 47.3 Å². The summed E-state index contributed by atoms with van der Waals surface area (Å²) in [6.45, 7) is 3.88. The van der Waals surface area contributed by atoms with Gasteiger partial charge in [-0.1, -0.05) is 11.8 Å². The summed E-state index contributed by atoms with van der Waals surface area (Å²) in [5.41, 5.74) is 3.00. The molecule has 0 atom stereocenters. The molecular formula is C18H21N3O3S. The maximum absolute atomic E-state index is 12.0. The number of ether oxygens (including phenoxy) is 1. The van der Waals surface area contributed by atoms with Gasteiger partial charge in [-0.2, -0.15) is 0 Å². The minimum Gasteiger partial charge on any atom is -0.465 e. The molecule has 0 radical (unpaired) electrons. The van der Waals surface area contributed by atoms with Gasteiger partial charge in [0, 0.05) is 29.2 Å². The van der Waals surface area contributed by atoms with Gasteiger partial charge in [0.15, 0.2) is 5.16 Å². The van der Waals surface area contributed by atoms with Crippen LogP contribution in [0.5, 0.6) is 0 Å². The molecule has 2 rings (SSSR count). The average molecular weight is 359 g/mol. The zero-order valence-electron chi connectivity index (χ0n) is 14.5. The first-order valence-electron chi connectivity index (χ1n) is 7.91. The number of esters is 1. The Morgan fingerprint density at radius 3 is 2.36 bits per heavy atom. The fourth-order valence-corrected chi connectivity index (χ4v) is 3.07. The van der Waals surface area contributed by atoms with Crippen molar-refractivity contribution >= 4 is 29.3 Å². The van der Waals surface area contributed by atoms with Crippen LogP contribution in [0, 0.1) is 13.8 Å². The monoisotopic (exact) mass is 359 g/mol. The van der Waals surface area contributed by atoms with E-state index in [2.05, 4.69) is 20.0 Å². The summed E-state index contributed by atoms with van der Waals surface area (Å²) in [5.74, 6) is 0.314. The normalized spacial score (nSPS) is 10.4. The molecule has 0 aliphatic heterocycles. The molecule has 0 aliphatic rings. The van der Waals surface area contributed by atoms with Crippen molar-refractivity contribution in [1.82, 2.24) is 9.97 Å². The predicted molar refractivity (Wildman–Crippen MR) is 97.9 cm³/mol. The molecule has 0 fully saturated rings. The summed E-state index contributed by atoms with van der Waals surface area (Å²) in [4.78, 5) is 32.0. The highest BCUT2D eigenvalue weighted by Gasteiger charge is 2.07. The fraction of sp³-hybridized carbons (Fsp3) is 0.333. The van der Waals surface area contributed by atoms with Crippen LogP contribution in [-0.2, 0) is 9.53 Å². The quantitative estimate of drug-likeness (QED) is 0.353. The van der Waals surface area contributed by atoms with Crippen LogP contribution in [0.1, 0.15) is 34.6 Å². The lowest BCUT2D eigenvalue weighted by molar-refractivity contribution is -0.116. The lowest BCUT2D eigenvalue weighted by atomic mass is 10.2. The molecule has 132 valence electrons. The number of carbonyl (C=O) groups excluding carboxylic acids is 2. The Labute approximate surface area is 151 Å². The third-order valence-electron chi connectivity index (χ3n) is 3.33. The third-order valence-corrected chi connectivity index (χ3v) is 4.26. The largest absolute Gasteiger partial charge is 0.465 e. The van der Waals surface area contributed by atoms with Crippen LogP contribution < -0.4 is 5.32 Å². The maximum Gasteiger partial charge on any atom is 0.337 e. The Hall–Kier alpha value is -2.41. The van der Waals surface area contributed by atoms with Gasteiger partial charge in [-0.3, -0.25) is 4.79 Å². The molecule has 0 saturated heterocycles. The lowest BCUT2D eigenvalue weighted by Gasteiger charge is -2.06. The molecule has 1 heterocycles. The summed E-state index contributed by atoms with van der Waals surface area (Å²) < 4.78 is 4.64. The fourth-order valence-electron chi connectivity index (χ4n) is 2.19. The number of aryl methyl sites for hydroxylation is 2. The van der Waals surface area contributed by atoms with E-state index in [-0.39, 0.29) is 5.91 Å². The smallest absolute Gasteiger partial charge is 0.337 e. The molecule has 1 amide bonds. The summed E-state index contributed by atoms with van der Waals surface area (Å²) in [5, 5.41) is 3.56. The number of carbonyl (C=O) groups is 2. The molecule has 25 heavy (non-hydrogen) atoms. The summed E-state index contributed by atoms with van der Waals surface area (Å²) >= 11 is 1.55. The van der Waals surface area contributed by atoms with Crippen LogP contribution in [0.25, 0.3) is 0 Å². The highest BCUT2D eigenvalue weighted by atomic mass is 32.2. The van der Waals surface area contributed by atoms with Crippen LogP contribution in [-0.4, -0.2) is 34.7 Å². The second-order valence-corrected chi connectivity index (χ2v) is 6.56. The average Bonchev–Trinajstić information content (AvgIpc) is 2.58. The van der Waals surface area contributed by atoms with Gasteiger partial charge in [-0.05, 0) is 50.6 Å². The van der Waals surface area contributed by atoms with Gasteiger partial charge in [0.2, 0.25) is 5.91 Å². The van der Waals surface area contributed by atoms with Crippen molar-refractivity contribution < 1.29 is 14.3 Å². The van der Waals surface area contributed by atoms with Crippen molar-refractivity contribution in [2.75, 3.05) is 18.2 Å². The Morgan fingerprint density at radius 1 is 1.12 bits per heavy atom. The van der Waals surface area contributed by atoms with Crippen molar-refractivity contribution in [3.8, 4) is 0 Å². The second kappa shape index (κ2) is 9.17. The number of methoxy groups -OCH3 is 1. The topological polar surface area (TPSA) is 81.2 Å². The molecule has 1 aromatic carbocycles. The zero-order valence-corrected chi connectivity index (χ0v) is 15.4. The number of rotatable bonds is 7. The molecule has 7 heteroatoms. The van der Waals surface area contributed by atoms with E-state index in [1.807, 2.05) is 19.9 Å². The van der Waals surface area contributed by atoms with Gasteiger partial charge in [0.25, 0.3) is 0 Å². The number of nitrogens with zero attached hydrogens (tertiary/aromatic N) is 2. The Kier molecular flexibility index (Phi) is 6.94. The number of hydrogen-bond acceptors (Lipinski definition) is 6. The van der Waals surface area contributed by atoms with Gasteiger partial charge < -0.3 is 10.1 Å². The molecule has 0 saturated carbocycles. The molecule has 0 bridgehead atoms. The summed E-state index contributed by atoms with van der Waals surface area (Å²) in [6, 6.07) is 8.54. The van der Waals surface area contributed by atoms with Gasteiger partial charge in [-0.15, -0.1) is 0 Å². The number of amides is 1. The molecule has 1 aromatic heterocycles. The van der Waals surface area contributed by atoms with E-state index in [1.165, 1.54) is 7.11 Å². The molecule has 0 spiro atoms. The Morgan fingerprint density at radius 2 is 1.76 bits per heavy atom. The van der Waals surface area contributed by atoms with Gasteiger partial charge in [0.1, 0.15) is 0 Å². The molecule has 2 aromatic rings. The molecule has 0 unspecified atom stereocenters. The van der Waals surface area contributed by atoms with Crippen LogP contribution in [0.4, 0.5) is 5.69 Å². The molecule has 1 N–H and O–H groups in total. The molecule has 0 aliphatic carbocycles. The van der Waals surface area contributed by atoms with E-state index in [9.17, 15) is 9.59 Å². The first kappa shape index (κ1) is 18.9. The van der Waals surface area contributed by atoms with Gasteiger partial charge >= 0.3 is 5.97 Å². The number of anilines is 1. The highest BCUT2D eigenvalue weighted by Crippen LogP contribution is 2.16. The van der Waals surface area contributed by atoms with E-state index in [0.29, 0.717) is 17.7 Å². The molecule has 6 nitrogen and oxygen atoms in total. The van der Waals surface area contributed by atoms with Crippen LogP contribution in [0.2, 0.25) is 0 Å². The van der Waals surface area contributed by atoms with Crippen LogP contribution >= 0.6 is 11.8 Å². The van der Waals surface area contributed by atoms with Gasteiger partial charge in [0.05, 0.1) is 12.7 Å². The van der Waals surface area contributed by atoms with E-state index in [4.69, 9.17) is 0 Å². The highest BCUT2D eigenvalue weighted by molar-refractivity contribution is 7.99. The number of hydrogen-bond donors (Lipinski definition) is 1. The SMILES string of the molecule is COC(=O)c1ccc(NC(=O)CCCSc2nc(C)cc(C)n2)cc1. The van der Waals surface area contributed by atoms with Crippen molar-refractivity contribution in [1.29, 1.82) is 0 Å². The minimum atomic E-state index is -0.400. The molecular weight excluding hydrogens is 338 g/mol. The number of nitrogens with one attached hydrogen (secondary N) is 1. The summed E-state index contributed by atoms with van der Waals surface area (Å²) in [6.07, 6.45) is 1.14. The van der Waals surface area contributed by atoms with Crippen molar-refractivity contribution in [3.63, 3.8) is 0 Å². The van der Waals surface area contributed by atoms with Crippen LogP contribution in [0.3, 0.4) is 0 Å². The first-order valence-corrected chi connectivity index (χ1v) is 8.90. The third kappa shape index (κ3) is 6.19. The summed E-state index contributed by atoms with van der Waals surface area (Å²) in [7, 11) is 1.33. The van der Waals surface area contributed by atoms with E-state index in [0.717, 1.165) is 28.7 Å². The first-order chi connectivity index (χ1) is 12.0. The second-order valence-electron chi connectivity index (χ2n) is 5.50. The van der Waals surface area contributed by atoms with E-state index in [1.54, 1.807) is 36.0 Å². The number of benzene rings is 1. The van der Waals surface area contributed by atoms with Crippen molar-refractivity contribution in [2.45, 2.75) is 31.8 Å². The number of thioether (sulfide) groups is 1. The van der Waals surface area contributed by atoms with Crippen molar-refractivity contribution in [2.24, 2.45) is 0 Å². The van der Waals surface area contributed by atoms with E-state index < -0.39 is 5.97 Å². The Balaban J connectivity index is 1.74. The predicted octanol–water partition coefficient (Wildman–Crippen LogP) is 3.39. The van der Waals surface area contributed by atoms with E-state index >= 15 is 0 Å². The number of aromatic nitrogens is 2.